The van der Waals surface area contributed by atoms with Gasteiger partial charge >= 0.3 is 23.9 Å². The highest BCUT2D eigenvalue weighted by Gasteiger charge is 2.55. The molecule has 40 heavy (non-hydrogen) atoms. The maximum Gasteiger partial charge on any atom is 0.311 e. The first kappa shape index (κ1) is 33.9. The summed E-state index contributed by atoms with van der Waals surface area (Å²) in [5, 5.41) is 21.1. The van der Waals surface area contributed by atoms with E-state index in [1.165, 1.54) is 20.8 Å². The molecule has 13 heteroatoms. The van der Waals surface area contributed by atoms with Crippen molar-refractivity contribution in [2.75, 3.05) is 0 Å². The molecule has 230 valence electrons. The van der Waals surface area contributed by atoms with Crippen molar-refractivity contribution in [3.63, 3.8) is 0 Å². The van der Waals surface area contributed by atoms with E-state index < -0.39 is 90.7 Å². The van der Waals surface area contributed by atoms with Crippen LogP contribution in [0.25, 0.3) is 0 Å². The predicted octanol–water partition coefficient (Wildman–Crippen LogP) is 1.53. The summed E-state index contributed by atoms with van der Waals surface area (Å²) >= 11 is 0. The van der Waals surface area contributed by atoms with E-state index in [4.69, 9.17) is 33.2 Å². The summed E-state index contributed by atoms with van der Waals surface area (Å²) in [6, 6.07) is 0. The average molecular weight is 577 g/mol. The van der Waals surface area contributed by atoms with Crippen LogP contribution in [-0.2, 0) is 52.3 Å². The minimum atomic E-state index is -1.69. The van der Waals surface area contributed by atoms with Crippen molar-refractivity contribution in [1.82, 2.24) is 0 Å². The van der Waals surface area contributed by atoms with E-state index in [-0.39, 0.29) is 6.42 Å². The zero-order valence-electron chi connectivity index (χ0n) is 24.5. The lowest BCUT2D eigenvalue weighted by molar-refractivity contribution is -0.352. The van der Waals surface area contributed by atoms with Crippen molar-refractivity contribution in [3.05, 3.63) is 0 Å². The average Bonchev–Trinajstić information content (AvgIpc) is 2.83. The molecule has 10 atom stereocenters. The standard InChI is InChI=1S/C27H44O13/c1-9-10-11-12-17(30)38-19-13(2)34-24(32)18(31)21(19)39-25-23(37-16(5)29)22(40-26(33)27(6,7)8)20(14(3)35-25)36-15(4)28/h13-14,18-25,31-32H,9-12H2,1-8H3/t13-,14-,18+,19-,20-,21-,22+,23+,24+,25-/m0/s1. The Morgan fingerprint density at radius 1 is 0.750 bits per heavy atom. The molecule has 2 aliphatic rings. The van der Waals surface area contributed by atoms with Gasteiger partial charge in [0.1, 0.15) is 12.2 Å². The first-order valence-corrected chi connectivity index (χ1v) is 13.6. The van der Waals surface area contributed by atoms with Crippen LogP contribution < -0.4 is 0 Å². The molecular formula is C27H44O13. The van der Waals surface area contributed by atoms with E-state index >= 15 is 0 Å². The minimum Gasteiger partial charge on any atom is -0.457 e. The monoisotopic (exact) mass is 576 g/mol. The molecule has 0 bridgehead atoms. The van der Waals surface area contributed by atoms with Gasteiger partial charge in [-0.15, -0.1) is 0 Å². The molecule has 0 aromatic carbocycles. The van der Waals surface area contributed by atoms with Gasteiger partial charge in [0, 0.05) is 20.3 Å². The second-order valence-corrected chi connectivity index (χ2v) is 11.2. The van der Waals surface area contributed by atoms with E-state index in [0.29, 0.717) is 6.42 Å². The van der Waals surface area contributed by atoms with Gasteiger partial charge in [-0.25, -0.2) is 0 Å². The summed E-state index contributed by atoms with van der Waals surface area (Å²) in [6.07, 6.45) is -10.8. The quantitative estimate of drug-likeness (QED) is 0.218. The molecule has 0 aromatic rings. The normalized spacial score (nSPS) is 34.5. The lowest BCUT2D eigenvalue weighted by Crippen LogP contribution is -2.65. The molecule has 2 fully saturated rings. The highest BCUT2D eigenvalue weighted by atomic mass is 16.7. The van der Waals surface area contributed by atoms with Crippen molar-refractivity contribution in [2.45, 2.75) is 142 Å². The fourth-order valence-corrected chi connectivity index (χ4v) is 4.40. The topological polar surface area (TPSA) is 173 Å². The van der Waals surface area contributed by atoms with E-state index in [0.717, 1.165) is 19.8 Å². The van der Waals surface area contributed by atoms with Crippen LogP contribution in [0, 0.1) is 5.41 Å². The number of unbranched alkanes of at least 4 members (excludes halogenated alkanes) is 2. The smallest absolute Gasteiger partial charge is 0.311 e. The molecular weight excluding hydrogens is 532 g/mol. The maximum absolute atomic E-state index is 12.9. The van der Waals surface area contributed by atoms with E-state index in [1.54, 1.807) is 20.8 Å². The van der Waals surface area contributed by atoms with Crippen molar-refractivity contribution >= 4 is 23.9 Å². The third-order valence-electron chi connectivity index (χ3n) is 6.50. The van der Waals surface area contributed by atoms with Gasteiger partial charge in [0.25, 0.3) is 0 Å². The van der Waals surface area contributed by atoms with Crippen LogP contribution in [0.15, 0.2) is 0 Å². The Hall–Kier alpha value is -2.32. The Morgan fingerprint density at radius 2 is 1.30 bits per heavy atom. The molecule has 0 unspecified atom stereocenters. The van der Waals surface area contributed by atoms with Crippen LogP contribution in [0.1, 0.15) is 81.1 Å². The number of carbonyl (C=O) groups excluding carboxylic acids is 4. The van der Waals surface area contributed by atoms with Crippen molar-refractivity contribution in [1.29, 1.82) is 0 Å². The highest BCUT2D eigenvalue weighted by molar-refractivity contribution is 5.76. The van der Waals surface area contributed by atoms with E-state index in [9.17, 15) is 29.4 Å². The molecule has 2 N–H and O–H groups in total. The molecule has 0 saturated carbocycles. The third kappa shape index (κ3) is 9.10. The zero-order chi connectivity index (χ0) is 30.4. The number of ether oxygens (including phenoxy) is 7. The Balaban J connectivity index is 2.43. The molecule has 0 spiro atoms. The minimum absolute atomic E-state index is 0.129. The van der Waals surface area contributed by atoms with Crippen molar-refractivity contribution < 1.29 is 62.5 Å². The lowest BCUT2D eigenvalue weighted by Gasteiger charge is -2.47. The van der Waals surface area contributed by atoms with Gasteiger partial charge in [-0.3, -0.25) is 19.2 Å². The van der Waals surface area contributed by atoms with Crippen LogP contribution in [0.5, 0.6) is 0 Å². The van der Waals surface area contributed by atoms with Crippen LogP contribution >= 0.6 is 0 Å². The number of rotatable bonds is 10. The Bertz CT molecular complexity index is 884. The first-order valence-electron chi connectivity index (χ1n) is 13.6. The lowest BCUT2D eigenvalue weighted by atomic mass is 9.94. The fourth-order valence-electron chi connectivity index (χ4n) is 4.40. The Kier molecular flexibility index (Phi) is 12.3. The number of hydrogen-bond acceptors (Lipinski definition) is 13. The second kappa shape index (κ2) is 14.5. The van der Waals surface area contributed by atoms with Gasteiger partial charge in [0.15, 0.2) is 37.0 Å². The molecule has 2 rings (SSSR count). The van der Waals surface area contributed by atoms with Crippen LogP contribution in [0.3, 0.4) is 0 Å². The summed E-state index contributed by atoms with van der Waals surface area (Å²) in [5.74, 6) is -2.69. The molecule has 2 saturated heterocycles. The van der Waals surface area contributed by atoms with Gasteiger partial charge in [-0.2, -0.15) is 0 Å². The molecule has 2 heterocycles. The zero-order valence-corrected chi connectivity index (χ0v) is 24.5. The SMILES string of the molecule is CCCCCC(=O)O[C@@H]1[C@@H](O[C@@H]2O[C@@H](C)[C@H](OC(C)=O)[C@@H](OC(=O)C(C)(C)C)[C@H]2OC(C)=O)[C@@H](O)[C@H](O)O[C@H]1C. The number of carbonyl (C=O) groups is 4. The largest absolute Gasteiger partial charge is 0.457 e. The summed E-state index contributed by atoms with van der Waals surface area (Å²) in [5.41, 5.74) is -0.965. The molecule has 2 aliphatic heterocycles. The second-order valence-electron chi connectivity index (χ2n) is 11.2. The number of hydrogen-bond donors (Lipinski definition) is 2. The van der Waals surface area contributed by atoms with Gasteiger partial charge in [0.05, 0.1) is 17.6 Å². The molecule has 13 nitrogen and oxygen atoms in total. The van der Waals surface area contributed by atoms with Crippen LogP contribution in [-0.4, -0.2) is 95.5 Å². The van der Waals surface area contributed by atoms with Crippen LogP contribution in [0.2, 0.25) is 0 Å². The number of esters is 4. The van der Waals surface area contributed by atoms with E-state index in [1.807, 2.05) is 6.92 Å². The van der Waals surface area contributed by atoms with Gasteiger partial charge in [-0.1, -0.05) is 19.8 Å². The Labute approximate surface area is 234 Å². The van der Waals surface area contributed by atoms with Crippen molar-refractivity contribution in [2.24, 2.45) is 5.41 Å². The van der Waals surface area contributed by atoms with Gasteiger partial charge in [0.2, 0.25) is 0 Å². The predicted molar refractivity (Wildman–Crippen MR) is 136 cm³/mol. The highest BCUT2D eigenvalue weighted by Crippen LogP contribution is 2.34. The van der Waals surface area contributed by atoms with Crippen molar-refractivity contribution in [3.8, 4) is 0 Å². The Morgan fingerprint density at radius 3 is 1.85 bits per heavy atom. The molecule has 0 radical (unpaired) electrons. The summed E-state index contributed by atoms with van der Waals surface area (Å²) in [6.45, 7) is 12.2. The number of aliphatic hydroxyl groups is 2. The first-order chi connectivity index (χ1) is 18.6. The number of aliphatic hydroxyl groups excluding tert-OH is 2. The van der Waals surface area contributed by atoms with Crippen LogP contribution in [0.4, 0.5) is 0 Å². The summed E-state index contributed by atoms with van der Waals surface area (Å²) in [7, 11) is 0. The summed E-state index contributed by atoms with van der Waals surface area (Å²) < 4.78 is 39.5. The fraction of sp³-hybridized carbons (Fsp3) is 0.852. The van der Waals surface area contributed by atoms with Gasteiger partial charge < -0.3 is 43.4 Å². The molecule has 0 aliphatic carbocycles. The third-order valence-corrected chi connectivity index (χ3v) is 6.50. The molecule has 0 aromatic heterocycles. The molecule has 0 amide bonds. The van der Waals surface area contributed by atoms with E-state index in [2.05, 4.69) is 0 Å². The van der Waals surface area contributed by atoms with Gasteiger partial charge in [-0.05, 0) is 41.0 Å². The summed E-state index contributed by atoms with van der Waals surface area (Å²) in [4.78, 5) is 49.5. The maximum atomic E-state index is 12.9.